The first-order valence-corrected chi connectivity index (χ1v) is 6.59. The molecule has 0 saturated carbocycles. The summed E-state index contributed by atoms with van der Waals surface area (Å²) < 4.78 is 4.83. The fourth-order valence-electron chi connectivity index (χ4n) is 1.90. The number of esters is 1. The van der Waals surface area contributed by atoms with E-state index in [4.69, 9.17) is 4.74 Å². The highest BCUT2D eigenvalue weighted by Gasteiger charge is 2.17. The SMILES string of the molecule is CCOC(=O)c1nc2sc(C)c(CC)c2c(=O)[nH]1. The molecule has 0 aliphatic carbocycles. The van der Waals surface area contributed by atoms with E-state index in [2.05, 4.69) is 9.97 Å². The first kappa shape index (κ1) is 12.8. The predicted octanol–water partition coefficient (Wildman–Crippen LogP) is 2.03. The molecule has 2 aromatic rings. The number of carbonyl (C=O) groups excluding carboxylic acids is 1. The highest BCUT2D eigenvalue weighted by molar-refractivity contribution is 7.18. The van der Waals surface area contributed by atoms with Crippen molar-refractivity contribution in [2.24, 2.45) is 0 Å². The summed E-state index contributed by atoms with van der Waals surface area (Å²) in [6.07, 6.45) is 0.773. The van der Waals surface area contributed by atoms with Crippen LogP contribution in [0.15, 0.2) is 4.79 Å². The Morgan fingerprint density at radius 2 is 2.17 bits per heavy atom. The molecule has 6 heteroatoms. The van der Waals surface area contributed by atoms with Gasteiger partial charge >= 0.3 is 5.97 Å². The summed E-state index contributed by atoms with van der Waals surface area (Å²) in [7, 11) is 0. The van der Waals surface area contributed by atoms with E-state index in [1.807, 2.05) is 13.8 Å². The zero-order valence-electron chi connectivity index (χ0n) is 10.5. The highest BCUT2D eigenvalue weighted by Crippen LogP contribution is 2.27. The van der Waals surface area contributed by atoms with E-state index in [1.165, 1.54) is 11.3 Å². The van der Waals surface area contributed by atoms with Gasteiger partial charge in [-0.25, -0.2) is 9.78 Å². The number of aromatic nitrogens is 2. The molecule has 0 radical (unpaired) electrons. The number of ether oxygens (including phenoxy) is 1. The van der Waals surface area contributed by atoms with Crippen LogP contribution in [0.25, 0.3) is 10.2 Å². The molecule has 1 N–H and O–H groups in total. The number of thiophene rings is 1. The number of aromatic amines is 1. The molecule has 0 saturated heterocycles. The highest BCUT2D eigenvalue weighted by atomic mass is 32.1. The van der Waals surface area contributed by atoms with Crippen molar-refractivity contribution in [3.8, 4) is 0 Å². The lowest BCUT2D eigenvalue weighted by atomic mass is 10.1. The summed E-state index contributed by atoms with van der Waals surface area (Å²) in [5.41, 5.74) is 0.725. The maximum Gasteiger partial charge on any atom is 0.374 e. The third-order valence-electron chi connectivity index (χ3n) is 2.69. The van der Waals surface area contributed by atoms with Crippen LogP contribution >= 0.6 is 11.3 Å². The summed E-state index contributed by atoms with van der Waals surface area (Å²) in [5, 5.41) is 0.591. The first-order chi connectivity index (χ1) is 8.58. The van der Waals surface area contributed by atoms with Crippen LogP contribution in [0.3, 0.4) is 0 Å². The molecule has 0 aliphatic rings. The molecule has 18 heavy (non-hydrogen) atoms. The molecule has 0 aliphatic heterocycles. The van der Waals surface area contributed by atoms with Crippen LogP contribution in [0.4, 0.5) is 0 Å². The zero-order chi connectivity index (χ0) is 13.3. The minimum Gasteiger partial charge on any atom is -0.460 e. The number of fused-ring (bicyclic) bond motifs is 1. The molecule has 96 valence electrons. The van der Waals surface area contributed by atoms with Crippen LogP contribution < -0.4 is 5.56 Å². The number of carbonyl (C=O) groups is 1. The van der Waals surface area contributed by atoms with Crippen molar-refractivity contribution in [2.45, 2.75) is 27.2 Å². The van der Waals surface area contributed by atoms with E-state index in [-0.39, 0.29) is 18.0 Å². The van der Waals surface area contributed by atoms with Crippen molar-refractivity contribution < 1.29 is 9.53 Å². The molecule has 0 fully saturated rings. The van der Waals surface area contributed by atoms with Crippen LogP contribution in [-0.2, 0) is 11.2 Å². The van der Waals surface area contributed by atoms with Crippen LogP contribution in [0, 0.1) is 6.92 Å². The average molecular weight is 266 g/mol. The monoisotopic (exact) mass is 266 g/mol. The van der Waals surface area contributed by atoms with E-state index < -0.39 is 5.97 Å². The van der Waals surface area contributed by atoms with Gasteiger partial charge in [-0.2, -0.15) is 0 Å². The molecule has 2 rings (SSSR count). The van der Waals surface area contributed by atoms with Crippen molar-refractivity contribution in [1.82, 2.24) is 9.97 Å². The number of aryl methyl sites for hydroxylation is 2. The van der Waals surface area contributed by atoms with Gasteiger partial charge in [0, 0.05) is 4.88 Å². The van der Waals surface area contributed by atoms with Gasteiger partial charge in [-0.1, -0.05) is 6.92 Å². The molecule has 0 bridgehead atoms. The van der Waals surface area contributed by atoms with Crippen LogP contribution in [0.2, 0.25) is 0 Å². The van der Waals surface area contributed by atoms with Crippen molar-refractivity contribution in [3.05, 3.63) is 26.6 Å². The molecule has 0 aromatic carbocycles. The molecule has 0 unspecified atom stereocenters. The van der Waals surface area contributed by atoms with Crippen LogP contribution in [-0.4, -0.2) is 22.5 Å². The Morgan fingerprint density at radius 3 is 2.78 bits per heavy atom. The van der Waals surface area contributed by atoms with Gasteiger partial charge in [-0.3, -0.25) is 4.79 Å². The summed E-state index contributed by atoms with van der Waals surface area (Å²) in [6, 6.07) is 0. The number of hydrogen-bond acceptors (Lipinski definition) is 5. The lowest BCUT2D eigenvalue weighted by molar-refractivity contribution is 0.0512. The number of rotatable bonds is 3. The van der Waals surface area contributed by atoms with Gasteiger partial charge in [0.15, 0.2) is 0 Å². The van der Waals surface area contributed by atoms with E-state index in [0.29, 0.717) is 10.2 Å². The third kappa shape index (κ3) is 2.03. The Hall–Kier alpha value is -1.69. The maximum atomic E-state index is 12.0. The summed E-state index contributed by atoms with van der Waals surface area (Å²) in [6.45, 7) is 5.91. The molecular formula is C12H14N2O3S. The van der Waals surface area contributed by atoms with Gasteiger partial charge < -0.3 is 9.72 Å². The van der Waals surface area contributed by atoms with Gasteiger partial charge in [0.05, 0.1) is 12.0 Å². The van der Waals surface area contributed by atoms with Gasteiger partial charge in [-0.15, -0.1) is 11.3 Å². The quantitative estimate of drug-likeness (QED) is 0.863. The minimum absolute atomic E-state index is 0.0294. The van der Waals surface area contributed by atoms with E-state index in [0.717, 1.165) is 16.9 Å². The van der Waals surface area contributed by atoms with Gasteiger partial charge in [0.2, 0.25) is 5.82 Å². The maximum absolute atomic E-state index is 12.0. The van der Waals surface area contributed by atoms with E-state index in [9.17, 15) is 9.59 Å². The minimum atomic E-state index is -0.597. The van der Waals surface area contributed by atoms with Gasteiger partial charge in [0.1, 0.15) is 4.83 Å². The number of hydrogen-bond donors (Lipinski definition) is 1. The Kier molecular flexibility index (Phi) is 3.47. The Morgan fingerprint density at radius 1 is 1.44 bits per heavy atom. The number of nitrogens with zero attached hydrogens (tertiary/aromatic N) is 1. The Bertz CT molecular complexity index is 657. The largest absolute Gasteiger partial charge is 0.460 e. The van der Waals surface area contributed by atoms with E-state index in [1.54, 1.807) is 6.92 Å². The fraction of sp³-hybridized carbons (Fsp3) is 0.417. The second-order valence-corrected chi connectivity index (χ2v) is 5.01. The lowest BCUT2D eigenvalue weighted by Gasteiger charge is -2.00. The van der Waals surface area contributed by atoms with Crippen molar-refractivity contribution >= 4 is 27.5 Å². The van der Waals surface area contributed by atoms with Crippen molar-refractivity contribution in [3.63, 3.8) is 0 Å². The molecule has 0 amide bonds. The molecular weight excluding hydrogens is 252 g/mol. The second kappa shape index (κ2) is 4.89. The smallest absolute Gasteiger partial charge is 0.374 e. The topological polar surface area (TPSA) is 72.0 Å². The molecule has 0 atom stereocenters. The molecule has 0 spiro atoms. The van der Waals surface area contributed by atoms with Gasteiger partial charge in [0.25, 0.3) is 5.56 Å². The van der Waals surface area contributed by atoms with Crippen molar-refractivity contribution in [2.75, 3.05) is 6.61 Å². The summed E-state index contributed by atoms with van der Waals surface area (Å²) in [5.74, 6) is -0.626. The fourth-order valence-corrected chi connectivity index (χ4v) is 3.01. The third-order valence-corrected chi connectivity index (χ3v) is 3.73. The van der Waals surface area contributed by atoms with Crippen LogP contribution in [0.5, 0.6) is 0 Å². The zero-order valence-corrected chi connectivity index (χ0v) is 11.3. The predicted molar refractivity (Wildman–Crippen MR) is 70.3 cm³/mol. The summed E-state index contributed by atoms with van der Waals surface area (Å²) >= 11 is 1.43. The summed E-state index contributed by atoms with van der Waals surface area (Å²) in [4.78, 5) is 31.9. The Balaban J connectivity index is 2.64. The second-order valence-electron chi connectivity index (χ2n) is 3.81. The van der Waals surface area contributed by atoms with Crippen molar-refractivity contribution in [1.29, 1.82) is 0 Å². The normalized spacial score (nSPS) is 10.8. The van der Waals surface area contributed by atoms with E-state index >= 15 is 0 Å². The lowest BCUT2D eigenvalue weighted by Crippen LogP contribution is -2.17. The average Bonchev–Trinajstić information content (AvgIpc) is 2.65. The number of nitrogens with one attached hydrogen (secondary N) is 1. The standard InChI is InChI=1S/C12H14N2O3S/c1-4-7-6(3)18-11-8(7)10(15)13-9(14-11)12(16)17-5-2/h4-5H2,1-3H3,(H,13,14,15). The molecule has 5 nitrogen and oxygen atoms in total. The van der Waals surface area contributed by atoms with Gasteiger partial charge in [-0.05, 0) is 25.8 Å². The molecule has 2 aromatic heterocycles. The Labute approximate surface area is 108 Å². The first-order valence-electron chi connectivity index (χ1n) is 5.77. The molecule has 2 heterocycles. The number of H-pyrrole nitrogens is 1. The van der Waals surface area contributed by atoms with Crippen LogP contribution in [0.1, 0.15) is 34.9 Å².